The molecule has 178 valence electrons. The molecule has 35 heavy (non-hydrogen) atoms. The van der Waals surface area contributed by atoms with Crippen molar-refractivity contribution in [2.24, 2.45) is 0 Å². The second-order valence-electron chi connectivity index (χ2n) is 7.34. The van der Waals surface area contributed by atoms with Crippen LogP contribution < -0.4 is 20.1 Å². The van der Waals surface area contributed by atoms with Gasteiger partial charge in [-0.25, -0.2) is 0 Å². The van der Waals surface area contributed by atoms with Crippen LogP contribution in [0.4, 0.5) is 11.4 Å². The van der Waals surface area contributed by atoms with Crippen LogP contribution in [-0.2, 0) is 9.59 Å². The third-order valence-corrected chi connectivity index (χ3v) is 5.86. The lowest BCUT2D eigenvalue weighted by Gasteiger charge is -2.14. The van der Waals surface area contributed by atoms with Gasteiger partial charge in [-0.2, -0.15) is 5.26 Å². The minimum absolute atomic E-state index is 0.0729. The molecule has 0 aliphatic carbocycles. The second kappa shape index (κ2) is 12.2. The highest BCUT2D eigenvalue weighted by Crippen LogP contribution is 2.35. The number of para-hydroxylation sites is 1. The highest BCUT2D eigenvalue weighted by molar-refractivity contribution is 14.1. The number of hydrogen-bond acceptors (Lipinski definition) is 5. The predicted molar refractivity (Wildman–Crippen MR) is 145 cm³/mol. The summed E-state index contributed by atoms with van der Waals surface area (Å²) in [5.41, 5.74) is 2.63. The Labute approximate surface area is 221 Å². The lowest BCUT2D eigenvalue weighted by Crippen LogP contribution is -2.20. The molecule has 2 amide bonds. The van der Waals surface area contributed by atoms with Gasteiger partial charge in [0, 0.05) is 5.69 Å². The molecule has 0 heterocycles. The van der Waals surface area contributed by atoms with Crippen molar-refractivity contribution in [1.29, 1.82) is 5.26 Å². The van der Waals surface area contributed by atoms with Gasteiger partial charge >= 0.3 is 0 Å². The van der Waals surface area contributed by atoms with Gasteiger partial charge in [-0.3, -0.25) is 9.59 Å². The Morgan fingerprint density at radius 3 is 2.49 bits per heavy atom. The van der Waals surface area contributed by atoms with Crippen LogP contribution in [0.1, 0.15) is 11.1 Å². The summed E-state index contributed by atoms with van der Waals surface area (Å²) in [6, 6.07) is 19.4. The molecule has 3 aromatic rings. The maximum Gasteiger partial charge on any atom is 0.266 e. The number of nitrogens with one attached hydrogen (secondary N) is 2. The van der Waals surface area contributed by atoms with Gasteiger partial charge in [-0.1, -0.05) is 41.4 Å². The third-order valence-electron chi connectivity index (χ3n) is 4.73. The van der Waals surface area contributed by atoms with E-state index in [1.165, 1.54) is 13.2 Å². The van der Waals surface area contributed by atoms with Crippen molar-refractivity contribution in [3.8, 4) is 17.6 Å². The summed E-state index contributed by atoms with van der Waals surface area (Å²) < 4.78 is 11.8. The van der Waals surface area contributed by atoms with Crippen LogP contribution in [0.3, 0.4) is 0 Å². The highest BCUT2D eigenvalue weighted by Gasteiger charge is 2.16. The summed E-state index contributed by atoms with van der Waals surface area (Å²) in [5.74, 6) is -0.200. The zero-order valence-corrected chi connectivity index (χ0v) is 21.8. The maximum absolute atomic E-state index is 12.6. The fourth-order valence-electron chi connectivity index (χ4n) is 3.00. The van der Waals surface area contributed by atoms with Crippen LogP contribution in [0.5, 0.6) is 11.5 Å². The first-order valence-corrected chi connectivity index (χ1v) is 11.8. The maximum atomic E-state index is 12.6. The Hall–Kier alpha value is -3.55. The molecule has 0 spiro atoms. The Balaban J connectivity index is 1.74. The standard InChI is InChI=1S/C26H21ClIN3O4/c1-16-7-9-19(10-8-16)30-26(33)18(14-29)11-17-12-21(28)25(23(13-17)34-2)35-15-24(32)31-22-6-4-3-5-20(22)27/h3-13H,15H2,1-2H3,(H,30,33)(H,31,32)/b18-11-. The number of ether oxygens (including phenoxy) is 2. The van der Waals surface area contributed by atoms with Crippen molar-refractivity contribution in [1.82, 2.24) is 0 Å². The van der Waals surface area contributed by atoms with Crippen molar-refractivity contribution in [3.05, 3.63) is 86.0 Å². The average Bonchev–Trinajstić information content (AvgIpc) is 2.84. The van der Waals surface area contributed by atoms with Gasteiger partial charge in [0.05, 0.1) is 21.4 Å². The molecular formula is C26H21ClIN3O4. The van der Waals surface area contributed by atoms with Crippen LogP contribution in [0, 0.1) is 21.8 Å². The Morgan fingerprint density at radius 1 is 1.11 bits per heavy atom. The minimum atomic E-state index is -0.526. The van der Waals surface area contributed by atoms with Crippen LogP contribution in [0.15, 0.2) is 66.2 Å². The quantitative estimate of drug-likeness (QED) is 0.192. The van der Waals surface area contributed by atoms with E-state index in [0.29, 0.717) is 37.0 Å². The fourth-order valence-corrected chi connectivity index (χ4v) is 3.96. The molecule has 3 rings (SSSR count). The molecule has 0 aromatic heterocycles. The second-order valence-corrected chi connectivity index (χ2v) is 8.91. The molecule has 0 aliphatic rings. The van der Waals surface area contributed by atoms with E-state index in [9.17, 15) is 14.9 Å². The molecule has 0 saturated heterocycles. The van der Waals surface area contributed by atoms with Gasteiger partial charge in [0.2, 0.25) is 0 Å². The van der Waals surface area contributed by atoms with Gasteiger partial charge in [0.1, 0.15) is 11.6 Å². The van der Waals surface area contributed by atoms with Gasteiger partial charge in [0.15, 0.2) is 18.1 Å². The van der Waals surface area contributed by atoms with E-state index in [4.69, 9.17) is 21.1 Å². The number of aryl methyl sites for hydroxylation is 1. The SMILES string of the molecule is COc1cc(/C=C(/C#N)C(=O)Nc2ccc(C)cc2)cc(I)c1OCC(=O)Nc1ccccc1Cl. The molecule has 0 aliphatic heterocycles. The van der Waals surface area contributed by atoms with E-state index in [1.807, 2.05) is 47.7 Å². The van der Waals surface area contributed by atoms with Crippen LogP contribution in [0.2, 0.25) is 5.02 Å². The van der Waals surface area contributed by atoms with Gasteiger partial charge < -0.3 is 20.1 Å². The van der Waals surface area contributed by atoms with Crippen molar-refractivity contribution in [2.75, 3.05) is 24.4 Å². The van der Waals surface area contributed by atoms with Crippen LogP contribution in [0.25, 0.3) is 6.08 Å². The van der Waals surface area contributed by atoms with Crippen LogP contribution in [-0.4, -0.2) is 25.5 Å². The normalized spacial score (nSPS) is 10.8. The largest absolute Gasteiger partial charge is 0.493 e. The molecule has 0 bridgehead atoms. The summed E-state index contributed by atoms with van der Waals surface area (Å²) >= 11 is 8.11. The van der Waals surface area contributed by atoms with Crippen molar-refractivity contribution >= 4 is 63.5 Å². The number of amides is 2. The topological polar surface area (TPSA) is 100 Å². The summed E-state index contributed by atoms with van der Waals surface area (Å²) in [7, 11) is 1.46. The number of benzene rings is 3. The van der Waals surface area contributed by atoms with Gasteiger partial charge in [-0.15, -0.1) is 0 Å². The first kappa shape index (κ1) is 26.1. The molecule has 7 nitrogen and oxygen atoms in total. The van der Waals surface area contributed by atoms with Gasteiger partial charge in [-0.05, 0) is 77.6 Å². The third kappa shape index (κ3) is 7.21. The number of rotatable bonds is 8. The number of hydrogen-bond donors (Lipinski definition) is 2. The van der Waals surface area contributed by atoms with E-state index in [2.05, 4.69) is 10.6 Å². The van der Waals surface area contributed by atoms with Crippen molar-refractivity contribution in [3.63, 3.8) is 0 Å². The number of methoxy groups -OCH3 is 1. The molecular weight excluding hydrogens is 581 g/mol. The first-order chi connectivity index (χ1) is 16.8. The van der Waals surface area contributed by atoms with Crippen LogP contribution >= 0.6 is 34.2 Å². The van der Waals surface area contributed by atoms with Gasteiger partial charge in [0.25, 0.3) is 11.8 Å². The van der Waals surface area contributed by atoms with Crippen molar-refractivity contribution < 1.29 is 19.1 Å². The summed E-state index contributed by atoms with van der Waals surface area (Å²) in [6.07, 6.45) is 1.46. The predicted octanol–water partition coefficient (Wildman–Crippen LogP) is 5.82. The Kier molecular flexibility index (Phi) is 9.11. The zero-order chi connectivity index (χ0) is 25.4. The molecule has 2 N–H and O–H groups in total. The van der Waals surface area contributed by atoms with E-state index >= 15 is 0 Å². The smallest absolute Gasteiger partial charge is 0.266 e. The number of carbonyl (C=O) groups excluding carboxylic acids is 2. The Bertz CT molecular complexity index is 1320. The van der Waals surface area contributed by atoms with E-state index in [-0.39, 0.29) is 18.1 Å². The van der Waals surface area contributed by atoms with E-state index in [0.717, 1.165) is 5.56 Å². The summed E-state index contributed by atoms with van der Waals surface area (Å²) in [6.45, 7) is 1.68. The first-order valence-electron chi connectivity index (χ1n) is 10.3. The molecule has 0 saturated carbocycles. The lowest BCUT2D eigenvalue weighted by molar-refractivity contribution is -0.118. The molecule has 0 unspecified atom stereocenters. The van der Waals surface area contributed by atoms with E-state index in [1.54, 1.807) is 48.5 Å². The number of carbonyl (C=O) groups is 2. The van der Waals surface area contributed by atoms with Crippen molar-refractivity contribution in [2.45, 2.75) is 6.92 Å². The molecule has 3 aromatic carbocycles. The number of nitriles is 1. The monoisotopic (exact) mass is 601 g/mol. The average molecular weight is 602 g/mol. The molecule has 9 heteroatoms. The fraction of sp³-hybridized carbons (Fsp3) is 0.115. The molecule has 0 fully saturated rings. The minimum Gasteiger partial charge on any atom is -0.493 e. The number of nitrogens with zero attached hydrogens (tertiary/aromatic N) is 1. The number of halogens is 2. The number of anilines is 2. The molecule has 0 radical (unpaired) electrons. The van der Waals surface area contributed by atoms with E-state index < -0.39 is 5.91 Å². The molecule has 0 atom stereocenters. The summed E-state index contributed by atoms with van der Waals surface area (Å²) in [5, 5.41) is 15.3. The summed E-state index contributed by atoms with van der Waals surface area (Å²) in [4.78, 5) is 24.9. The lowest BCUT2D eigenvalue weighted by atomic mass is 10.1. The highest BCUT2D eigenvalue weighted by atomic mass is 127. The zero-order valence-electron chi connectivity index (χ0n) is 18.9. The Morgan fingerprint density at radius 2 is 1.83 bits per heavy atom.